The van der Waals surface area contributed by atoms with Crippen LogP contribution in [0.2, 0.25) is 5.02 Å². The Balaban J connectivity index is 1.10. The molecule has 2 aliphatic carbocycles. The molecule has 33 heavy (non-hydrogen) atoms. The molecule has 2 aromatic rings. The second-order valence-electron chi connectivity index (χ2n) is 9.78. The van der Waals surface area contributed by atoms with E-state index < -0.39 is 10.0 Å². The Kier molecular flexibility index (Phi) is 6.77. The number of nitrogens with zero attached hydrogens (tertiary/aromatic N) is 1. The van der Waals surface area contributed by atoms with Crippen molar-refractivity contribution in [3.63, 3.8) is 0 Å². The number of aliphatic imine (C=N–C) groups is 1. The lowest BCUT2D eigenvalue weighted by Crippen LogP contribution is -2.32. The summed E-state index contributed by atoms with van der Waals surface area (Å²) in [5, 5.41) is 4.51. The number of benzene rings is 2. The molecule has 0 unspecified atom stereocenters. The van der Waals surface area contributed by atoms with Crippen LogP contribution >= 0.6 is 11.6 Å². The van der Waals surface area contributed by atoms with E-state index in [1.165, 1.54) is 11.1 Å². The fraction of sp³-hybridized carbons (Fsp3) is 0.500. The van der Waals surface area contributed by atoms with Gasteiger partial charge in [0.15, 0.2) is 0 Å². The van der Waals surface area contributed by atoms with Gasteiger partial charge in [-0.05, 0) is 85.8 Å². The Morgan fingerprint density at radius 3 is 2.55 bits per heavy atom. The smallest absolute Gasteiger partial charge is 0.240 e. The van der Waals surface area contributed by atoms with Crippen molar-refractivity contribution in [2.45, 2.75) is 61.8 Å². The van der Waals surface area contributed by atoms with Gasteiger partial charge in [0.25, 0.3) is 0 Å². The lowest BCUT2D eigenvalue weighted by Gasteiger charge is -2.28. The molecule has 1 aliphatic heterocycles. The molecule has 0 aromatic heterocycles. The third-order valence-corrected chi connectivity index (χ3v) is 9.28. The Hall–Kier alpha value is -1.89. The van der Waals surface area contributed by atoms with E-state index in [1.54, 1.807) is 24.3 Å². The van der Waals surface area contributed by atoms with E-state index >= 15 is 0 Å². The van der Waals surface area contributed by atoms with Gasteiger partial charge in [-0.15, -0.1) is 0 Å². The fourth-order valence-corrected chi connectivity index (χ4v) is 6.97. The van der Waals surface area contributed by atoms with E-state index in [2.05, 4.69) is 22.2 Å². The maximum absolute atomic E-state index is 12.4. The van der Waals surface area contributed by atoms with Gasteiger partial charge in [-0.3, -0.25) is 4.99 Å². The normalized spacial score (nSPS) is 28.2. The predicted octanol–water partition coefficient (Wildman–Crippen LogP) is 4.92. The first kappa shape index (κ1) is 22.9. The molecule has 1 heterocycles. The van der Waals surface area contributed by atoms with Crippen LogP contribution in [0.1, 0.15) is 55.6 Å². The summed E-state index contributed by atoms with van der Waals surface area (Å²) < 4.78 is 27.7. The molecule has 2 fully saturated rings. The van der Waals surface area contributed by atoms with Crippen LogP contribution in [0.4, 0.5) is 0 Å². The molecule has 7 heteroatoms. The first-order valence-electron chi connectivity index (χ1n) is 12.1. The third-order valence-electron chi connectivity index (χ3n) is 7.61. The number of sulfonamides is 1. The lowest BCUT2D eigenvalue weighted by molar-refractivity contribution is 0.280. The maximum atomic E-state index is 12.4. The third kappa shape index (κ3) is 5.28. The summed E-state index contributed by atoms with van der Waals surface area (Å²) >= 11 is 6.27. The van der Waals surface area contributed by atoms with Crippen LogP contribution in [0.15, 0.2) is 58.4 Å². The molecule has 2 N–H and O–H groups in total. The van der Waals surface area contributed by atoms with Crippen molar-refractivity contribution < 1.29 is 8.42 Å². The minimum absolute atomic E-state index is 0.337. The van der Waals surface area contributed by atoms with Crippen molar-refractivity contribution in [3.8, 4) is 0 Å². The molecular weight excluding hydrogens is 454 g/mol. The number of hydrogen-bond donors (Lipinski definition) is 2. The van der Waals surface area contributed by atoms with Crippen molar-refractivity contribution in [2.24, 2.45) is 16.8 Å². The second kappa shape index (κ2) is 9.77. The summed E-state index contributed by atoms with van der Waals surface area (Å²) in [6.07, 6.45) is 7.57. The highest BCUT2D eigenvalue weighted by atomic mass is 35.5. The molecule has 0 bridgehead atoms. The zero-order chi connectivity index (χ0) is 22.8. The molecule has 3 aliphatic rings. The van der Waals surface area contributed by atoms with Crippen LogP contribution in [0.3, 0.4) is 0 Å². The maximum Gasteiger partial charge on any atom is 0.240 e. The molecule has 5 nitrogen and oxygen atoms in total. The molecule has 0 spiro atoms. The highest BCUT2D eigenvalue weighted by molar-refractivity contribution is 7.89. The van der Waals surface area contributed by atoms with Crippen LogP contribution < -0.4 is 10.0 Å². The zero-order valence-electron chi connectivity index (χ0n) is 18.8. The average Bonchev–Trinajstić information content (AvgIpc) is 3.26. The zero-order valence-corrected chi connectivity index (χ0v) is 20.4. The number of rotatable bonds is 6. The van der Waals surface area contributed by atoms with Crippen molar-refractivity contribution >= 4 is 27.5 Å². The summed E-state index contributed by atoms with van der Waals surface area (Å²) in [6.45, 7) is 1.39. The lowest BCUT2D eigenvalue weighted by atomic mass is 9.80. The quantitative estimate of drug-likeness (QED) is 0.610. The highest BCUT2D eigenvalue weighted by Crippen LogP contribution is 2.39. The predicted molar refractivity (Wildman–Crippen MR) is 133 cm³/mol. The first-order valence-corrected chi connectivity index (χ1v) is 14.0. The Bertz CT molecular complexity index is 1110. The number of aryl methyl sites for hydroxylation is 1. The van der Waals surface area contributed by atoms with E-state index in [0.29, 0.717) is 35.2 Å². The van der Waals surface area contributed by atoms with E-state index in [4.69, 9.17) is 16.6 Å². The summed E-state index contributed by atoms with van der Waals surface area (Å²) in [4.78, 5) is 5.31. The van der Waals surface area contributed by atoms with Crippen LogP contribution in [0, 0.1) is 11.8 Å². The van der Waals surface area contributed by atoms with Gasteiger partial charge in [0.05, 0.1) is 10.7 Å². The summed E-state index contributed by atoms with van der Waals surface area (Å²) in [7, 11) is -3.42. The molecule has 0 radical (unpaired) electrons. The second-order valence-corrected chi connectivity index (χ2v) is 12.0. The van der Waals surface area contributed by atoms with Gasteiger partial charge in [-0.2, -0.15) is 0 Å². The van der Waals surface area contributed by atoms with Gasteiger partial charge in [-0.25, -0.2) is 13.1 Å². The number of halogens is 1. The van der Waals surface area contributed by atoms with E-state index in [1.807, 2.05) is 12.1 Å². The van der Waals surface area contributed by atoms with Gasteiger partial charge < -0.3 is 5.32 Å². The summed E-state index contributed by atoms with van der Waals surface area (Å²) in [5.74, 6) is 2.63. The summed E-state index contributed by atoms with van der Waals surface area (Å²) in [6, 6.07) is 15.4. The highest BCUT2D eigenvalue weighted by Gasteiger charge is 2.36. The minimum atomic E-state index is -3.42. The molecule has 5 rings (SSSR count). The van der Waals surface area contributed by atoms with Crippen molar-refractivity contribution in [3.05, 3.63) is 64.7 Å². The molecule has 1 saturated heterocycles. The van der Waals surface area contributed by atoms with Gasteiger partial charge >= 0.3 is 0 Å². The van der Waals surface area contributed by atoms with Crippen LogP contribution in [0.25, 0.3) is 0 Å². The molecule has 0 amide bonds. The number of nitrogens with one attached hydrogen (secondary N) is 2. The van der Waals surface area contributed by atoms with E-state index in [-0.39, 0.29) is 0 Å². The Labute approximate surface area is 202 Å². The number of fused-ring (bicyclic) bond motifs is 3. The summed E-state index contributed by atoms with van der Waals surface area (Å²) in [5.41, 5.74) is 2.83. The monoisotopic (exact) mass is 485 g/mol. The van der Waals surface area contributed by atoms with Gasteiger partial charge in [0.2, 0.25) is 10.0 Å². The van der Waals surface area contributed by atoms with Crippen molar-refractivity contribution in [2.75, 3.05) is 13.1 Å². The SMILES string of the molecule is O=S(=O)(NCC1CCC(CN=C2C[C@H]3c4cc(Cl)ccc4CC[C@H]3N2)CC1)c1ccccc1. The molecule has 2 atom stereocenters. The topological polar surface area (TPSA) is 70.6 Å². The Morgan fingerprint density at radius 1 is 1.00 bits per heavy atom. The standard InChI is InChI=1S/C26H32ClN3O2S/c27-21-12-10-20-11-13-25-24(23(20)14-21)15-26(30-25)28-16-18-6-8-19(9-7-18)17-29-33(31,32)22-4-2-1-3-5-22/h1-5,10,12,14,18-19,24-25,29H,6-9,11,13,15-17H2,(H,28,30)/t18?,19?,24-,25+/m0/s1. The molecule has 2 aromatic carbocycles. The average molecular weight is 486 g/mol. The Morgan fingerprint density at radius 2 is 1.76 bits per heavy atom. The van der Waals surface area contributed by atoms with Gasteiger partial charge in [-0.1, -0.05) is 35.9 Å². The minimum Gasteiger partial charge on any atom is -0.370 e. The molecule has 176 valence electrons. The van der Waals surface area contributed by atoms with E-state index in [9.17, 15) is 8.42 Å². The number of amidine groups is 1. The van der Waals surface area contributed by atoms with Crippen molar-refractivity contribution in [1.29, 1.82) is 0 Å². The van der Waals surface area contributed by atoms with Gasteiger partial charge in [0, 0.05) is 36.5 Å². The fourth-order valence-electron chi connectivity index (χ4n) is 5.65. The van der Waals surface area contributed by atoms with E-state index in [0.717, 1.165) is 62.3 Å². The van der Waals surface area contributed by atoms with Crippen LogP contribution in [-0.2, 0) is 16.4 Å². The van der Waals surface area contributed by atoms with Crippen molar-refractivity contribution in [1.82, 2.24) is 10.0 Å². The van der Waals surface area contributed by atoms with Crippen LogP contribution in [0.5, 0.6) is 0 Å². The van der Waals surface area contributed by atoms with Gasteiger partial charge in [0.1, 0.15) is 0 Å². The molecule has 1 saturated carbocycles. The first-order chi connectivity index (χ1) is 16.0. The largest absolute Gasteiger partial charge is 0.370 e. The van der Waals surface area contributed by atoms with Crippen LogP contribution in [-0.4, -0.2) is 33.4 Å². The number of hydrogen-bond acceptors (Lipinski definition) is 3. The molecular formula is C26H32ClN3O2S.